The van der Waals surface area contributed by atoms with Crippen LogP contribution in [0.15, 0.2) is 12.2 Å². The first-order chi connectivity index (χ1) is 12.0. The van der Waals surface area contributed by atoms with Crippen LogP contribution in [-0.2, 0) is 19.0 Å². The van der Waals surface area contributed by atoms with Crippen molar-refractivity contribution in [2.24, 2.45) is 23.2 Å². The minimum atomic E-state index is -0.161. The number of esters is 1. The van der Waals surface area contributed by atoms with Crippen LogP contribution in [0.2, 0.25) is 0 Å². The van der Waals surface area contributed by atoms with E-state index in [1.54, 1.807) is 0 Å². The van der Waals surface area contributed by atoms with E-state index in [4.69, 9.17) is 14.2 Å². The highest BCUT2D eigenvalue weighted by atomic mass is 16.7. The van der Waals surface area contributed by atoms with Crippen molar-refractivity contribution in [3.63, 3.8) is 0 Å². The summed E-state index contributed by atoms with van der Waals surface area (Å²) >= 11 is 0. The molecular formula is C20H31NO4. The van der Waals surface area contributed by atoms with Crippen LogP contribution in [0.3, 0.4) is 0 Å². The van der Waals surface area contributed by atoms with Crippen LogP contribution in [0.4, 0.5) is 0 Å². The topological polar surface area (TPSA) is 48.0 Å². The predicted molar refractivity (Wildman–Crippen MR) is 93.9 cm³/mol. The zero-order valence-electron chi connectivity index (χ0n) is 15.5. The maximum absolute atomic E-state index is 12.6. The standard InChI is InChI=1S/C20H31NO4/c1-13-5-4-6-20(2)10-17-14(9-16(13)20)15(19(22)25-17)11-21(3)12-18-23-7-8-24-18/h14-18H,1,4-12H2,2-3H3/t14-,15-,16+,17-,20-/m1/s1. The predicted octanol–water partition coefficient (Wildman–Crippen LogP) is 2.61. The van der Waals surface area contributed by atoms with E-state index >= 15 is 0 Å². The quantitative estimate of drug-likeness (QED) is 0.577. The second kappa shape index (κ2) is 6.67. The van der Waals surface area contributed by atoms with Crippen LogP contribution >= 0.6 is 0 Å². The smallest absolute Gasteiger partial charge is 0.310 e. The van der Waals surface area contributed by atoms with Gasteiger partial charge in [-0.1, -0.05) is 19.1 Å². The van der Waals surface area contributed by atoms with E-state index in [0.29, 0.717) is 31.6 Å². The number of carbonyl (C=O) groups is 1. The molecule has 4 aliphatic rings. The molecule has 2 heterocycles. The van der Waals surface area contributed by atoms with E-state index in [-0.39, 0.29) is 29.7 Å². The summed E-state index contributed by atoms with van der Waals surface area (Å²) in [7, 11) is 2.04. The summed E-state index contributed by atoms with van der Waals surface area (Å²) in [6, 6.07) is 0. The SMILES string of the molecule is C=C1CCC[C@]2(C)C[C@H]3OC(=O)[C@H](CN(C)CC4OCCO4)[C@H]3C[C@@H]12. The Kier molecular flexibility index (Phi) is 4.67. The molecule has 0 aromatic heterocycles. The van der Waals surface area contributed by atoms with Gasteiger partial charge in [0.25, 0.3) is 0 Å². The number of hydrogen-bond acceptors (Lipinski definition) is 5. The molecule has 0 amide bonds. The van der Waals surface area contributed by atoms with Crippen molar-refractivity contribution < 1.29 is 19.0 Å². The van der Waals surface area contributed by atoms with E-state index < -0.39 is 0 Å². The van der Waals surface area contributed by atoms with Gasteiger partial charge in [-0.3, -0.25) is 4.79 Å². The van der Waals surface area contributed by atoms with Crippen molar-refractivity contribution in [1.82, 2.24) is 4.90 Å². The van der Waals surface area contributed by atoms with Crippen molar-refractivity contribution in [2.45, 2.75) is 51.4 Å². The second-order valence-electron chi connectivity index (χ2n) is 8.80. The minimum absolute atomic E-state index is 0.0111. The van der Waals surface area contributed by atoms with Crippen molar-refractivity contribution in [3.8, 4) is 0 Å². The fourth-order valence-corrected chi connectivity index (χ4v) is 5.64. The zero-order valence-corrected chi connectivity index (χ0v) is 15.5. The molecular weight excluding hydrogens is 318 g/mol. The van der Waals surface area contributed by atoms with Crippen LogP contribution in [-0.4, -0.2) is 56.6 Å². The van der Waals surface area contributed by atoms with E-state index in [1.807, 2.05) is 7.05 Å². The van der Waals surface area contributed by atoms with Gasteiger partial charge in [-0.25, -0.2) is 0 Å². The molecule has 0 unspecified atom stereocenters. The van der Waals surface area contributed by atoms with Crippen LogP contribution < -0.4 is 0 Å². The lowest BCUT2D eigenvalue weighted by Crippen LogP contribution is -2.45. The molecule has 2 aliphatic heterocycles. The van der Waals surface area contributed by atoms with Gasteiger partial charge in [0.15, 0.2) is 6.29 Å². The summed E-state index contributed by atoms with van der Waals surface area (Å²) in [5.41, 5.74) is 1.66. The molecule has 0 N–H and O–H groups in total. The number of nitrogens with zero attached hydrogens (tertiary/aromatic N) is 1. The summed E-state index contributed by atoms with van der Waals surface area (Å²) in [5.74, 6) is 0.832. The molecule has 0 bridgehead atoms. The van der Waals surface area contributed by atoms with Gasteiger partial charge in [0.2, 0.25) is 0 Å². The number of fused-ring (bicyclic) bond motifs is 2. The molecule has 2 saturated heterocycles. The normalized spacial score (nSPS) is 41.7. The molecule has 4 rings (SSSR count). The van der Waals surface area contributed by atoms with Gasteiger partial charge in [0, 0.05) is 19.0 Å². The molecule has 25 heavy (non-hydrogen) atoms. The maximum Gasteiger partial charge on any atom is 0.310 e. The number of hydrogen-bond donors (Lipinski definition) is 0. The average Bonchev–Trinajstić information content (AvgIpc) is 3.14. The summed E-state index contributed by atoms with van der Waals surface area (Å²) in [6.45, 7) is 9.49. The van der Waals surface area contributed by atoms with Gasteiger partial charge in [0.1, 0.15) is 6.10 Å². The fourth-order valence-electron chi connectivity index (χ4n) is 5.64. The molecule has 2 saturated carbocycles. The Hall–Kier alpha value is -0.910. The monoisotopic (exact) mass is 349 g/mol. The van der Waals surface area contributed by atoms with Gasteiger partial charge in [0.05, 0.1) is 19.1 Å². The maximum atomic E-state index is 12.6. The third-order valence-electron chi connectivity index (χ3n) is 6.98. The Bertz CT molecular complexity index is 544. The summed E-state index contributed by atoms with van der Waals surface area (Å²) < 4.78 is 16.9. The molecule has 0 aromatic carbocycles. The van der Waals surface area contributed by atoms with Crippen LogP contribution in [0, 0.1) is 23.2 Å². The molecule has 2 aliphatic carbocycles. The highest BCUT2D eigenvalue weighted by Gasteiger charge is 2.55. The first-order valence-electron chi connectivity index (χ1n) is 9.76. The Morgan fingerprint density at radius 3 is 2.80 bits per heavy atom. The molecule has 4 fully saturated rings. The lowest BCUT2D eigenvalue weighted by Gasteiger charge is -2.50. The number of likely N-dealkylation sites (N-methyl/N-ethyl adjacent to an activating group) is 1. The van der Waals surface area contributed by atoms with Crippen molar-refractivity contribution >= 4 is 5.97 Å². The lowest BCUT2D eigenvalue weighted by atomic mass is 9.55. The van der Waals surface area contributed by atoms with E-state index in [1.165, 1.54) is 18.4 Å². The van der Waals surface area contributed by atoms with Gasteiger partial charge < -0.3 is 19.1 Å². The first kappa shape index (κ1) is 17.5. The van der Waals surface area contributed by atoms with Crippen LogP contribution in [0.25, 0.3) is 0 Å². The third kappa shape index (κ3) is 3.26. The lowest BCUT2D eigenvalue weighted by molar-refractivity contribution is -0.146. The minimum Gasteiger partial charge on any atom is -0.462 e. The van der Waals surface area contributed by atoms with E-state index in [0.717, 1.165) is 25.8 Å². The number of allylic oxidation sites excluding steroid dienone is 1. The Morgan fingerprint density at radius 2 is 2.04 bits per heavy atom. The van der Waals surface area contributed by atoms with Gasteiger partial charge in [-0.05, 0) is 50.5 Å². The number of rotatable bonds is 4. The van der Waals surface area contributed by atoms with E-state index in [2.05, 4.69) is 18.4 Å². The molecule has 0 aromatic rings. The molecule has 140 valence electrons. The molecule has 0 spiro atoms. The number of carbonyl (C=O) groups excluding carboxylic acids is 1. The van der Waals surface area contributed by atoms with Crippen molar-refractivity contribution in [2.75, 3.05) is 33.4 Å². The van der Waals surface area contributed by atoms with Crippen molar-refractivity contribution in [1.29, 1.82) is 0 Å². The Balaban J connectivity index is 1.43. The van der Waals surface area contributed by atoms with Crippen LogP contribution in [0.1, 0.15) is 39.0 Å². The Labute approximate surface area is 150 Å². The summed E-state index contributed by atoms with van der Waals surface area (Å²) in [6.07, 6.45) is 5.60. The highest BCUT2D eigenvalue weighted by molar-refractivity contribution is 5.75. The Morgan fingerprint density at radius 1 is 1.28 bits per heavy atom. The third-order valence-corrected chi connectivity index (χ3v) is 6.98. The van der Waals surface area contributed by atoms with Gasteiger partial charge >= 0.3 is 5.97 Å². The van der Waals surface area contributed by atoms with Crippen molar-refractivity contribution in [3.05, 3.63) is 12.2 Å². The highest BCUT2D eigenvalue weighted by Crippen LogP contribution is 2.56. The number of ether oxygens (including phenoxy) is 3. The molecule has 5 nitrogen and oxygen atoms in total. The summed E-state index contributed by atoms with van der Waals surface area (Å²) in [4.78, 5) is 14.7. The fraction of sp³-hybridized carbons (Fsp3) is 0.850. The molecule has 5 atom stereocenters. The average molecular weight is 349 g/mol. The van der Waals surface area contributed by atoms with E-state index in [9.17, 15) is 4.79 Å². The second-order valence-corrected chi connectivity index (χ2v) is 8.80. The molecule has 5 heteroatoms. The first-order valence-corrected chi connectivity index (χ1v) is 9.76. The largest absolute Gasteiger partial charge is 0.462 e. The molecule has 0 radical (unpaired) electrons. The van der Waals surface area contributed by atoms with Gasteiger partial charge in [-0.15, -0.1) is 0 Å². The zero-order chi connectivity index (χ0) is 17.6. The summed E-state index contributed by atoms with van der Waals surface area (Å²) in [5, 5.41) is 0. The van der Waals surface area contributed by atoms with Gasteiger partial charge in [-0.2, -0.15) is 0 Å². The van der Waals surface area contributed by atoms with Crippen LogP contribution in [0.5, 0.6) is 0 Å².